The van der Waals surface area contributed by atoms with Crippen LogP contribution in [0.5, 0.6) is 5.75 Å². The number of nitrogens with zero attached hydrogens (tertiary/aromatic N) is 4. The van der Waals surface area contributed by atoms with Crippen molar-refractivity contribution in [2.75, 3.05) is 6.61 Å². The van der Waals surface area contributed by atoms with Gasteiger partial charge in [-0.1, -0.05) is 23.2 Å². The van der Waals surface area contributed by atoms with Gasteiger partial charge in [0.2, 0.25) is 0 Å². The lowest BCUT2D eigenvalue weighted by Crippen LogP contribution is -2.18. The Morgan fingerprint density at radius 2 is 2.00 bits per heavy atom. The van der Waals surface area contributed by atoms with Crippen molar-refractivity contribution in [3.63, 3.8) is 0 Å². The van der Waals surface area contributed by atoms with Gasteiger partial charge in [0.15, 0.2) is 0 Å². The molecule has 8 heteroatoms. The first-order chi connectivity index (χ1) is 13.7. The molecule has 0 bridgehead atoms. The Morgan fingerprint density at radius 3 is 2.93 bits per heavy atom. The summed E-state index contributed by atoms with van der Waals surface area (Å²) in [5, 5.41) is 2.87. The fraction of sp³-hybridized carbons (Fsp3) is 0.250. The minimum absolute atomic E-state index is 0.00257. The molecule has 0 spiro atoms. The summed E-state index contributed by atoms with van der Waals surface area (Å²) >= 11 is 12.3. The van der Waals surface area contributed by atoms with Gasteiger partial charge in [-0.3, -0.25) is 4.98 Å². The first-order valence-electron chi connectivity index (χ1n) is 8.98. The predicted molar refractivity (Wildman–Crippen MR) is 108 cm³/mol. The minimum atomic E-state index is -0.0888. The average molecular weight is 415 g/mol. The van der Waals surface area contributed by atoms with Crippen LogP contribution in [0.25, 0.3) is 21.9 Å². The number of hydrogen-bond acceptors (Lipinski definition) is 5. The molecule has 28 heavy (non-hydrogen) atoms. The van der Waals surface area contributed by atoms with Crippen molar-refractivity contribution >= 4 is 45.1 Å². The van der Waals surface area contributed by atoms with E-state index in [0.717, 1.165) is 40.5 Å². The van der Waals surface area contributed by atoms with Gasteiger partial charge in [-0.2, -0.15) is 0 Å². The molecular weight excluding hydrogens is 399 g/mol. The number of fused-ring (bicyclic) bond motifs is 2. The van der Waals surface area contributed by atoms with E-state index in [1.54, 1.807) is 12.3 Å². The summed E-state index contributed by atoms with van der Waals surface area (Å²) in [6.07, 6.45) is 6.80. The van der Waals surface area contributed by atoms with Crippen LogP contribution in [0.1, 0.15) is 19.1 Å². The van der Waals surface area contributed by atoms with Gasteiger partial charge >= 0.3 is 0 Å². The van der Waals surface area contributed by atoms with Crippen molar-refractivity contribution in [3.8, 4) is 5.75 Å². The molecule has 5 rings (SSSR count). The van der Waals surface area contributed by atoms with Crippen molar-refractivity contribution in [1.82, 2.24) is 19.5 Å². The highest BCUT2D eigenvalue weighted by atomic mass is 35.5. The Hall–Kier alpha value is -2.41. The highest BCUT2D eigenvalue weighted by molar-refractivity contribution is 6.35. The van der Waals surface area contributed by atoms with E-state index in [2.05, 4.69) is 15.0 Å². The number of hydrogen-bond donors (Lipinski definition) is 0. The average Bonchev–Trinajstić information content (AvgIpc) is 3.34. The molecule has 142 valence electrons. The maximum atomic E-state index is 6.19. The van der Waals surface area contributed by atoms with Gasteiger partial charge in [-0.15, -0.1) is 0 Å². The molecule has 0 radical (unpaired) electrons. The molecule has 4 aromatic rings. The summed E-state index contributed by atoms with van der Waals surface area (Å²) in [5.74, 6) is 0.750. The Balaban J connectivity index is 1.27. The van der Waals surface area contributed by atoms with Crippen molar-refractivity contribution in [2.24, 2.45) is 0 Å². The summed E-state index contributed by atoms with van der Waals surface area (Å²) in [6, 6.07) is 9.42. The number of pyridine rings is 1. The SMILES string of the molecule is Clc1ccnc2cc(OC[C@@H]3CC[C@H](n4ccc5c(Cl)ncnc54)O3)ccc12. The Morgan fingerprint density at radius 1 is 1.07 bits per heavy atom. The Kier molecular flexibility index (Phi) is 4.55. The third-order valence-corrected chi connectivity index (χ3v) is 5.58. The molecule has 1 aliphatic heterocycles. The topological polar surface area (TPSA) is 62.1 Å². The van der Waals surface area contributed by atoms with Crippen LogP contribution in [-0.2, 0) is 4.74 Å². The minimum Gasteiger partial charge on any atom is -0.491 e. The Labute approximate surface area is 171 Å². The van der Waals surface area contributed by atoms with Crippen molar-refractivity contribution in [3.05, 3.63) is 59.2 Å². The largest absolute Gasteiger partial charge is 0.491 e. The highest BCUT2D eigenvalue weighted by Gasteiger charge is 2.28. The number of rotatable bonds is 4. The number of aromatic nitrogens is 4. The maximum Gasteiger partial charge on any atom is 0.146 e. The quantitative estimate of drug-likeness (QED) is 0.437. The molecule has 1 aliphatic rings. The molecule has 0 saturated carbocycles. The second kappa shape index (κ2) is 7.20. The summed E-state index contributed by atoms with van der Waals surface area (Å²) < 4.78 is 14.1. The first-order valence-corrected chi connectivity index (χ1v) is 9.74. The third kappa shape index (κ3) is 3.17. The maximum absolute atomic E-state index is 6.19. The van der Waals surface area contributed by atoms with E-state index in [1.165, 1.54) is 6.33 Å². The summed E-state index contributed by atoms with van der Waals surface area (Å²) in [6.45, 7) is 0.470. The van der Waals surface area contributed by atoms with Gasteiger partial charge in [0.25, 0.3) is 0 Å². The highest BCUT2D eigenvalue weighted by Crippen LogP contribution is 2.33. The number of benzene rings is 1. The fourth-order valence-corrected chi connectivity index (χ4v) is 3.97. The molecule has 3 aromatic heterocycles. The monoisotopic (exact) mass is 414 g/mol. The van der Waals surface area contributed by atoms with Gasteiger partial charge in [-0.05, 0) is 37.1 Å². The van der Waals surface area contributed by atoms with Gasteiger partial charge < -0.3 is 14.0 Å². The second-order valence-corrected chi connectivity index (χ2v) is 7.46. The lowest BCUT2D eigenvalue weighted by atomic mass is 10.2. The van der Waals surface area contributed by atoms with Crippen molar-refractivity contribution < 1.29 is 9.47 Å². The van der Waals surface area contributed by atoms with Crippen LogP contribution in [0, 0.1) is 0 Å². The predicted octanol–water partition coefficient (Wildman–Crippen LogP) is 5.04. The first kappa shape index (κ1) is 17.7. The third-order valence-electron chi connectivity index (χ3n) is 4.95. The molecular formula is C20H16Cl2N4O2. The van der Waals surface area contributed by atoms with Crippen LogP contribution in [0.3, 0.4) is 0 Å². The smallest absolute Gasteiger partial charge is 0.146 e. The lowest BCUT2D eigenvalue weighted by molar-refractivity contribution is -0.0156. The van der Waals surface area contributed by atoms with Crippen LogP contribution in [0.4, 0.5) is 0 Å². The zero-order valence-electron chi connectivity index (χ0n) is 14.8. The summed E-state index contributed by atoms with van der Waals surface area (Å²) in [7, 11) is 0. The van der Waals surface area contributed by atoms with Crippen molar-refractivity contribution in [2.45, 2.75) is 25.2 Å². The van der Waals surface area contributed by atoms with E-state index in [-0.39, 0.29) is 12.3 Å². The molecule has 6 nitrogen and oxygen atoms in total. The lowest BCUT2D eigenvalue weighted by Gasteiger charge is -2.16. The number of ether oxygens (including phenoxy) is 2. The molecule has 1 fully saturated rings. The molecule has 2 atom stereocenters. The normalized spacial score (nSPS) is 19.5. The molecule has 0 amide bonds. The van der Waals surface area contributed by atoms with E-state index in [4.69, 9.17) is 32.7 Å². The van der Waals surface area contributed by atoms with Gasteiger partial charge in [0.1, 0.15) is 35.7 Å². The molecule has 0 unspecified atom stereocenters. The van der Waals surface area contributed by atoms with Crippen LogP contribution in [0.15, 0.2) is 49.1 Å². The zero-order valence-corrected chi connectivity index (χ0v) is 16.3. The number of halogens is 2. The summed E-state index contributed by atoms with van der Waals surface area (Å²) in [4.78, 5) is 12.7. The van der Waals surface area contributed by atoms with E-state index >= 15 is 0 Å². The summed E-state index contributed by atoms with van der Waals surface area (Å²) in [5.41, 5.74) is 1.59. The standard InChI is InChI=1S/C20H16Cl2N4O2/c21-16-5-7-23-17-9-12(1-3-14(16)17)27-10-13-2-4-18(28-13)26-8-6-15-19(22)24-11-25-20(15)26/h1,3,5-9,11,13,18H,2,4,10H2/t13-,18+/m0/s1. The van der Waals surface area contributed by atoms with E-state index in [9.17, 15) is 0 Å². The molecule has 0 aliphatic carbocycles. The zero-order chi connectivity index (χ0) is 19.1. The van der Waals surface area contributed by atoms with Crippen molar-refractivity contribution in [1.29, 1.82) is 0 Å². The van der Waals surface area contributed by atoms with Crippen LogP contribution in [0.2, 0.25) is 10.2 Å². The molecule has 1 saturated heterocycles. The molecule has 0 N–H and O–H groups in total. The van der Waals surface area contributed by atoms with Gasteiger partial charge in [-0.25, -0.2) is 9.97 Å². The van der Waals surface area contributed by atoms with E-state index in [1.807, 2.05) is 35.0 Å². The van der Waals surface area contributed by atoms with Crippen LogP contribution >= 0.6 is 23.2 Å². The van der Waals surface area contributed by atoms with Crippen LogP contribution in [-0.4, -0.2) is 32.2 Å². The van der Waals surface area contributed by atoms with Gasteiger partial charge in [0, 0.05) is 23.8 Å². The van der Waals surface area contributed by atoms with Crippen LogP contribution < -0.4 is 4.74 Å². The fourth-order valence-electron chi connectivity index (χ4n) is 3.56. The second-order valence-electron chi connectivity index (χ2n) is 6.70. The molecule has 4 heterocycles. The van der Waals surface area contributed by atoms with E-state index < -0.39 is 0 Å². The van der Waals surface area contributed by atoms with Gasteiger partial charge in [0.05, 0.1) is 22.0 Å². The molecule has 1 aromatic carbocycles. The Bertz CT molecular complexity index is 1160. The van der Waals surface area contributed by atoms with E-state index in [0.29, 0.717) is 16.8 Å².